The van der Waals surface area contributed by atoms with Gasteiger partial charge in [0, 0.05) is 43.5 Å². The maximum Gasteiger partial charge on any atom is 0.133 e. The summed E-state index contributed by atoms with van der Waals surface area (Å²) in [5.41, 5.74) is 1.34. The van der Waals surface area contributed by atoms with Crippen LogP contribution in [0.3, 0.4) is 0 Å². The first kappa shape index (κ1) is 13.8. The van der Waals surface area contributed by atoms with E-state index in [1.54, 1.807) is 0 Å². The van der Waals surface area contributed by atoms with Crippen LogP contribution < -0.4 is 10.2 Å². The molecule has 0 aromatic carbocycles. The lowest BCUT2D eigenvalue weighted by molar-refractivity contribution is 0.337. The van der Waals surface area contributed by atoms with Crippen LogP contribution >= 0.6 is 0 Å². The third-order valence-corrected chi connectivity index (χ3v) is 4.34. The van der Waals surface area contributed by atoms with Gasteiger partial charge in [-0.25, -0.2) is 4.98 Å². The van der Waals surface area contributed by atoms with E-state index in [0.717, 1.165) is 25.7 Å². The maximum absolute atomic E-state index is 4.69. The first-order valence-corrected chi connectivity index (χ1v) is 7.86. The molecule has 4 nitrogen and oxygen atoms in total. The van der Waals surface area contributed by atoms with Crippen LogP contribution in [0.1, 0.15) is 31.7 Å². The average molecular weight is 274 g/mol. The molecule has 0 amide bonds. The molecule has 2 heterocycles. The smallest absolute Gasteiger partial charge is 0.133 e. The summed E-state index contributed by atoms with van der Waals surface area (Å²) in [6.45, 7) is 6.68. The number of rotatable bonds is 4. The number of anilines is 1. The van der Waals surface area contributed by atoms with Gasteiger partial charge in [-0.2, -0.15) is 0 Å². The molecule has 1 aliphatic heterocycles. The Hall–Kier alpha value is -1.13. The molecule has 0 bridgehead atoms. The number of hydrogen-bond donors (Lipinski definition) is 1. The molecule has 2 fully saturated rings. The zero-order valence-electron chi connectivity index (χ0n) is 12.7. The van der Waals surface area contributed by atoms with Crippen molar-refractivity contribution in [3.05, 3.63) is 23.9 Å². The van der Waals surface area contributed by atoms with Gasteiger partial charge in [0.1, 0.15) is 5.82 Å². The van der Waals surface area contributed by atoms with Gasteiger partial charge in [0.25, 0.3) is 0 Å². The Balaban J connectivity index is 1.76. The largest absolute Gasteiger partial charge is 0.352 e. The monoisotopic (exact) mass is 274 g/mol. The van der Waals surface area contributed by atoms with Gasteiger partial charge in [-0.05, 0) is 45.8 Å². The minimum Gasteiger partial charge on any atom is -0.352 e. The summed E-state index contributed by atoms with van der Waals surface area (Å²) >= 11 is 0. The molecule has 110 valence electrons. The van der Waals surface area contributed by atoms with E-state index in [4.69, 9.17) is 0 Å². The SMILES string of the molecule is CC1CN(C)CCCN1c1ncccc1CNC1CC1. The molecule has 1 unspecified atom stereocenters. The van der Waals surface area contributed by atoms with Crippen molar-refractivity contribution in [3.63, 3.8) is 0 Å². The maximum atomic E-state index is 4.69. The zero-order chi connectivity index (χ0) is 13.9. The summed E-state index contributed by atoms with van der Waals surface area (Å²) < 4.78 is 0. The van der Waals surface area contributed by atoms with E-state index in [0.29, 0.717) is 6.04 Å². The Bertz CT molecular complexity index is 444. The molecule has 1 aliphatic carbocycles. The quantitative estimate of drug-likeness (QED) is 0.908. The van der Waals surface area contributed by atoms with Gasteiger partial charge in [0.15, 0.2) is 0 Å². The van der Waals surface area contributed by atoms with Crippen molar-refractivity contribution in [2.45, 2.75) is 44.8 Å². The van der Waals surface area contributed by atoms with Gasteiger partial charge in [-0.1, -0.05) is 6.07 Å². The Labute approximate surface area is 122 Å². The van der Waals surface area contributed by atoms with Gasteiger partial charge in [0.05, 0.1) is 0 Å². The molecular formula is C16H26N4. The summed E-state index contributed by atoms with van der Waals surface area (Å²) in [6, 6.07) is 5.55. The number of pyridine rings is 1. The fourth-order valence-electron chi connectivity index (χ4n) is 3.06. The predicted molar refractivity (Wildman–Crippen MR) is 83.0 cm³/mol. The molecule has 1 saturated carbocycles. The molecule has 3 rings (SSSR count). The van der Waals surface area contributed by atoms with Crippen LogP contribution in [0.15, 0.2) is 18.3 Å². The van der Waals surface area contributed by atoms with Crippen molar-refractivity contribution < 1.29 is 0 Å². The summed E-state index contributed by atoms with van der Waals surface area (Å²) in [7, 11) is 2.22. The van der Waals surface area contributed by atoms with E-state index in [1.807, 2.05) is 6.20 Å². The Morgan fingerprint density at radius 3 is 3.00 bits per heavy atom. The Morgan fingerprint density at radius 2 is 2.20 bits per heavy atom. The predicted octanol–water partition coefficient (Wildman–Crippen LogP) is 1.86. The van der Waals surface area contributed by atoms with Gasteiger partial charge in [-0.3, -0.25) is 0 Å². The zero-order valence-corrected chi connectivity index (χ0v) is 12.7. The second kappa shape index (κ2) is 6.10. The molecule has 2 aliphatic rings. The summed E-state index contributed by atoms with van der Waals surface area (Å²) in [5, 5.41) is 3.61. The third-order valence-electron chi connectivity index (χ3n) is 4.34. The van der Waals surface area contributed by atoms with Crippen LogP contribution in [0.2, 0.25) is 0 Å². The highest BCUT2D eigenvalue weighted by atomic mass is 15.3. The number of likely N-dealkylation sites (N-methyl/N-ethyl adjacent to an activating group) is 1. The number of nitrogens with one attached hydrogen (secondary N) is 1. The van der Waals surface area contributed by atoms with E-state index in [-0.39, 0.29) is 0 Å². The van der Waals surface area contributed by atoms with Crippen molar-refractivity contribution in [1.29, 1.82) is 0 Å². The fraction of sp³-hybridized carbons (Fsp3) is 0.688. The van der Waals surface area contributed by atoms with E-state index >= 15 is 0 Å². The second-order valence-electron chi connectivity index (χ2n) is 6.30. The normalized spacial score (nSPS) is 24.7. The van der Waals surface area contributed by atoms with Crippen LogP contribution in [0.25, 0.3) is 0 Å². The lowest BCUT2D eigenvalue weighted by Gasteiger charge is -2.30. The first-order valence-electron chi connectivity index (χ1n) is 7.86. The molecule has 1 N–H and O–H groups in total. The van der Waals surface area contributed by atoms with Crippen molar-refractivity contribution in [1.82, 2.24) is 15.2 Å². The summed E-state index contributed by atoms with van der Waals surface area (Å²) in [6.07, 6.45) is 5.81. The molecule has 1 aromatic rings. The Morgan fingerprint density at radius 1 is 1.35 bits per heavy atom. The Kier molecular flexibility index (Phi) is 4.22. The highest BCUT2D eigenvalue weighted by Gasteiger charge is 2.24. The van der Waals surface area contributed by atoms with Crippen LogP contribution in [0, 0.1) is 0 Å². The molecule has 4 heteroatoms. The minimum absolute atomic E-state index is 0.525. The topological polar surface area (TPSA) is 31.4 Å². The summed E-state index contributed by atoms with van der Waals surface area (Å²) in [4.78, 5) is 9.61. The van der Waals surface area contributed by atoms with Crippen molar-refractivity contribution in [2.75, 3.05) is 31.6 Å². The van der Waals surface area contributed by atoms with Crippen molar-refractivity contribution in [3.8, 4) is 0 Å². The molecule has 20 heavy (non-hydrogen) atoms. The highest BCUT2D eigenvalue weighted by molar-refractivity contribution is 5.48. The van der Waals surface area contributed by atoms with Crippen LogP contribution in [-0.2, 0) is 6.54 Å². The van der Waals surface area contributed by atoms with E-state index in [9.17, 15) is 0 Å². The molecular weight excluding hydrogens is 248 g/mol. The van der Waals surface area contributed by atoms with E-state index < -0.39 is 0 Å². The average Bonchev–Trinajstić information content (AvgIpc) is 3.26. The standard InChI is InChI=1S/C16H26N4/c1-13-12-19(2)9-4-10-20(13)16-14(5-3-8-17-16)11-18-15-6-7-15/h3,5,8,13,15,18H,4,6-7,9-12H2,1-2H3. The minimum atomic E-state index is 0.525. The van der Waals surface area contributed by atoms with Crippen LogP contribution in [-0.4, -0.2) is 48.6 Å². The summed E-state index contributed by atoms with van der Waals surface area (Å²) in [5.74, 6) is 1.18. The second-order valence-corrected chi connectivity index (χ2v) is 6.30. The van der Waals surface area contributed by atoms with Crippen molar-refractivity contribution >= 4 is 5.82 Å². The lowest BCUT2D eigenvalue weighted by atomic mass is 10.2. The number of nitrogens with zero attached hydrogens (tertiary/aromatic N) is 3. The molecule has 0 radical (unpaired) electrons. The third kappa shape index (κ3) is 3.30. The van der Waals surface area contributed by atoms with Crippen molar-refractivity contribution in [2.24, 2.45) is 0 Å². The van der Waals surface area contributed by atoms with Crippen LogP contribution in [0.5, 0.6) is 0 Å². The molecule has 1 saturated heterocycles. The number of hydrogen-bond acceptors (Lipinski definition) is 4. The fourth-order valence-corrected chi connectivity index (χ4v) is 3.06. The number of aromatic nitrogens is 1. The molecule has 0 spiro atoms. The van der Waals surface area contributed by atoms with Gasteiger partial charge in [0.2, 0.25) is 0 Å². The van der Waals surface area contributed by atoms with E-state index in [2.05, 4.69) is 46.2 Å². The lowest BCUT2D eigenvalue weighted by Crippen LogP contribution is -2.39. The van der Waals surface area contributed by atoms with E-state index in [1.165, 1.54) is 37.2 Å². The van der Waals surface area contributed by atoms with Crippen LogP contribution in [0.4, 0.5) is 5.82 Å². The molecule has 1 aromatic heterocycles. The molecule has 1 atom stereocenters. The van der Waals surface area contributed by atoms with Gasteiger partial charge >= 0.3 is 0 Å². The highest BCUT2D eigenvalue weighted by Crippen LogP contribution is 2.24. The van der Waals surface area contributed by atoms with Gasteiger partial charge < -0.3 is 15.1 Å². The first-order chi connectivity index (χ1) is 9.74. The van der Waals surface area contributed by atoms with Gasteiger partial charge in [-0.15, -0.1) is 0 Å².